The van der Waals surface area contributed by atoms with E-state index in [9.17, 15) is 14.7 Å². The molecule has 7 nitrogen and oxygen atoms in total. The molecule has 1 amide bonds. The summed E-state index contributed by atoms with van der Waals surface area (Å²) in [5.74, 6) is -0.710. The first-order chi connectivity index (χ1) is 12.1. The number of amides is 1. The summed E-state index contributed by atoms with van der Waals surface area (Å²) in [5, 5.41) is 15.1. The van der Waals surface area contributed by atoms with Gasteiger partial charge in [0.1, 0.15) is 6.04 Å². The third-order valence-corrected chi connectivity index (χ3v) is 4.25. The molecule has 0 saturated carbocycles. The number of imidazole rings is 1. The molecule has 1 heterocycles. The van der Waals surface area contributed by atoms with Gasteiger partial charge in [-0.1, -0.05) is 12.1 Å². The summed E-state index contributed by atoms with van der Waals surface area (Å²) in [7, 11) is 0. The van der Waals surface area contributed by atoms with Crippen LogP contribution in [0.2, 0.25) is 0 Å². The molecule has 1 aromatic carbocycles. The maximum atomic E-state index is 12.3. The lowest BCUT2D eigenvalue weighted by Gasteiger charge is -2.14. The molecule has 0 saturated heterocycles. The van der Waals surface area contributed by atoms with E-state index in [0.717, 1.165) is 11.3 Å². The molecule has 1 aromatic heterocycles. The van der Waals surface area contributed by atoms with Gasteiger partial charge in [-0.2, -0.15) is 11.8 Å². The number of carboxylic acid groups (broad SMARTS) is 1. The van der Waals surface area contributed by atoms with Crippen molar-refractivity contribution in [1.82, 2.24) is 20.6 Å². The van der Waals surface area contributed by atoms with Crippen LogP contribution < -0.4 is 10.6 Å². The van der Waals surface area contributed by atoms with Gasteiger partial charge in [0.15, 0.2) is 0 Å². The van der Waals surface area contributed by atoms with E-state index < -0.39 is 12.0 Å². The molecule has 1 unspecified atom stereocenters. The van der Waals surface area contributed by atoms with E-state index in [2.05, 4.69) is 20.6 Å². The molecule has 2 aromatic rings. The molecule has 8 heteroatoms. The number of thioether (sulfide) groups is 1. The normalized spacial score (nSPS) is 11.9. The lowest BCUT2D eigenvalue weighted by Crippen LogP contribution is -2.41. The van der Waals surface area contributed by atoms with Crippen molar-refractivity contribution in [3.05, 3.63) is 53.6 Å². The fraction of sp³-hybridized carbons (Fsp3) is 0.353. The number of carbonyl (C=O) groups excluding carboxylic acids is 1. The zero-order valence-corrected chi connectivity index (χ0v) is 14.8. The Hall–Kier alpha value is -2.32. The third-order valence-electron chi connectivity index (χ3n) is 3.60. The van der Waals surface area contributed by atoms with Crippen LogP contribution in [0.5, 0.6) is 0 Å². The van der Waals surface area contributed by atoms with Gasteiger partial charge in [0.05, 0.1) is 6.33 Å². The summed E-state index contributed by atoms with van der Waals surface area (Å²) in [5.41, 5.74) is 2.38. The summed E-state index contributed by atoms with van der Waals surface area (Å²) >= 11 is 1.55. The average Bonchev–Trinajstić information content (AvgIpc) is 3.12. The van der Waals surface area contributed by atoms with E-state index in [1.807, 2.05) is 12.3 Å². The highest BCUT2D eigenvalue weighted by Gasteiger charge is 2.20. The van der Waals surface area contributed by atoms with Crippen molar-refractivity contribution in [2.75, 3.05) is 12.0 Å². The molecular weight excluding hydrogens is 340 g/mol. The maximum Gasteiger partial charge on any atom is 0.326 e. The highest BCUT2D eigenvalue weighted by molar-refractivity contribution is 7.98. The Labute approximate surface area is 150 Å². The van der Waals surface area contributed by atoms with E-state index in [1.165, 1.54) is 0 Å². The molecule has 0 aliphatic carbocycles. The fourth-order valence-corrected chi connectivity index (χ4v) is 2.75. The van der Waals surface area contributed by atoms with Crippen LogP contribution in [0, 0.1) is 0 Å². The van der Waals surface area contributed by atoms with Gasteiger partial charge in [0.2, 0.25) is 0 Å². The summed E-state index contributed by atoms with van der Waals surface area (Å²) in [6, 6.07) is 6.28. The number of rotatable bonds is 10. The van der Waals surface area contributed by atoms with Crippen LogP contribution >= 0.6 is 11.8 Å². The minimum Gasteiger partial charge on any atom is -0.480 e. The van der Waals surface area contributed by atoms with E-state index in [0.29, 0.717) is 30.8 Å². The summed E-state index contributed by atoms with van der Waals surface area (Å²) < 4.78 is 0. The van der Waals surface area contributed by atoms with Crippen molar-refractivity contribution in [3.8, 4) is 0 Å². The third kappa shape index (κ3) is 6.24. The highest BCUT2D eigenvalue weighted by Crippen LogP contribution is 2.08. The van der Waals surface area contributed by atoms with Crippen molar-refractivity contribution in [3.63, 3.8) is 0 Å². The predicted octanol–water partition coefficient (Wildman–Crippen LogP) is 1.64. The zero-order valence-electron chi connectivity index (χ0n) is 14.0. The molecule has 25 heavy (non-hydrogen) atoms. The molecular formula is C17H22N4O3S. The molecule has 0 fully saturated rings. The maximum absolute atomic E-state index is 12.3. The van der Waals surface area contributed by atoms with E-state index in [1.54, 1.807) is 42.5 Å². The molecule has 0 bridgehead atoms. The Balaban J connectivity index is 1.92. The first-order valence-electron chi connectivity index (χ1n) is 7.89. The number of carboxylic acids is 1. The minimum absolute atomic E-state index is 0.371. The topological polar surface area (TPSA) is 107 Å². The van der Waals surface area contributed by atoms with Crippen LogP contribution in [0.25, 0.3) is 0 Å². The number of aliphatic carboxylic acids is 1. The number of H-pyrrole nitrogens is 1. The number of nitrogens with zero attached hydrogens (tertiary/aromatic N) is 1. The van der Waals surface area contributed by atoms with Crippen LogP contribution in [0.4, 0.5) is 0 Å². The van der Waals surface area contributed by atoms with Crippen molar-refractivity contribution in [1.29, 1.82) is 0 Å². The largest absolute Gasteiger partial charge is 0.480 e. The van der Waals surface area contributed by atoms with Crippen LogP contribution in [-0.2, 0) is 17.9 Å². The van der Waals surface area contributed by atoms with Gasteiger partial charge in [-0.25, -0.2) is 9.78 Å². The monoisotopic (exact) mass is 362 g/mol. The first kappa shape index (κ1) is 19.0. The lowest BCUT2D eigenvalue weighted by atomic mass is 10.1. The van der Waals surface area contributed by atoms with Gasteiger partial charge in [0, 0.05) is 30.5 Å². The Bertz CT molecular complexity index is 691. The SMILES string of the molecule is CSCCC(NC(=O)c1cccc(CNCc2cnc[nH]2)c1)C(=O)O. The summed E-state index contributed by atoms with van der Waals surface area (Å²) in [6.45, 7) is 1.24. The van der Waals surface area contributed by atoms with E-state index in [4.69, 9.17) is 0 Å². The summed E-state index contributed by atoms with van der Waals surface area (Å²) in [6.07, 6.45) is 5.67. The Kier molecular flexibility index (Phi) is 7.49. The average molecular weight is 362 g/mol. The molecule has 1 atom stereocenters. The van der Waals surface area contributed by atoms with Crippen molar-refractivity contribution in [2.24, 2.45) is 0 Å². The molecule has 2 rings (SSSR count). The lowest BCUT2D eigenvalue weighted by molar-refractivity contribution is -0.139. The second-order valence-electron chi connectivity index (χ2n) is 5.53. The number of hydrogen-bond acceptors (Lipinski definition) is 5. The molecule has 0 aliphatic rings. The Morgan fingerprint density at radius 3 is 2.88 bits per heavy atom. The molecule has 134 valence electrons. The first-order valence-corrected chi connectivity index (χ1v) is 9.29. The standard InChI is InChI=1S/C17H22N4O3S/c1-25-6-5-15(17(23)24)21-16(22)13-4-2-3-12(7-13)8-18-9-14-10-19-11-20-14/h2-4,7,10-11,15,18H,5-6,8-9H2,1H3,(H,19,20)(H,21,22)(H,23,24). The Morgan fingerprint density at radius 2 is 2.20 bits per heavy atom. The van der Waals surface area contributed by atoms with Crippen LogP contribution in [0.15, 0.2) is 36.8 Å². The van der Waals surface area contributed by atoms with Crippen molar-refractivity contribution in [2.45, 2.75) is 25.6 Å². The number of carbonyl (C=O) groups is 2. The van der Waals surface area contributed by atoms with Gasteiger partial charge in [0.25, 0.3) is 5.91 Å². The molecule has 4 N–H and O–H groups in total. The molecule has 0 radical (unpaired) electrons. The fourth-order valence-electron chi connectivity index (χ4n) is 2.28. The van der Waals surface area contributed by atoms with Crippen LogP contribution in [0.3, 0.4) is 0 Å². The highest BCUT2D eigenvalue weighted by atomic mass is 32.2. The number of nitrogens with one attached hydrogen (secondary N) is 3. The van der Waals surface area contributed by atoms with Crippen molar-refractivity contribution < 1.29 is 14.7 Å². The number of benzene rings is 1. The van der Waals surface area contributed by atoms with Gasteiger partial charge < -0.3 is 20.7 Å². The van der Waals surface area contributed by atoms with Gasteiger partial charge in [-0.05, 0) is 36.1 Å². The second kappa shape index (κ2) is 9.85. The van der Waals surface area contributed by atoms with Crippen LogP contribution in [0.1, 0.15) is 28.0 Å². The predicted molar refractivity (Wildman–Crippen MR) is 97.5 cm³/mol. The number of hydrogen-bond donors (Lipinski definition) is 4. The van der Waals surface area contributed by atoms with E-state index >= 15 is 0 Å². The minimum atomic E-state index is -1.01. The molecule has 0 aliphatic heterocycles. The van der Waals surface area contributed by atoms with Crippen molar-refractivity contribution >= 4 is 23.6 Å². The van der Waals surface area contributed by atoms with Gasteiger partial charge in [-0.15, -0.1) is 0 Å². The smallest absolute Gasteiger partial charge is 0.326 e. The quantitative estimate of drug-likeness (QED) is 0.512. The summed E-state index contributed by atoms with van der Waals surface area (Å²) in [4.78, 5) is 30.5. The zero-order chi connectivity index (χ0) is 18.1. The van der Waals surface area contributed by atoms with Crippen LogP contribution in [-0.4, -0.2) is 45.0 Å². The number of aromatic nitrogens is 2. The second-order valence-corrected chi connectivity index (χ2v) is 6.51. The van der Waals surface area contributed by atoms with E-state index in [-0.39, 0.29) is 5.91 Å². The Morgan fingerprint density at radius 1 is 1.36 bits per heavy atom. The van der Waals surface area contributed by atoms with Gasteiger partial charge in [-0.3, -0.25) is 4.79 Å². The number of aromatic amines is 1. The van der Waals surface area contributed by atoms with Gasteiger partial charge >= 0.3 is 5.97 Å². The molecule has 0 spiro atoms.